The number of rotatable bonds is 6. The average molecular weight is 433 g/mol. The van der Waals surface area contributed by atoms with E-state index < -0.39 is 9.84 Å². The average Bonchev–Trinajstić information content (AvgIpc) is 3.11. The number of halogens is 1. The number of aromatic amines is 1. The molecule has 6 nitrogen and oxygen atoms in total. The van der Waals surface area contributed by atoms with Gasteiger partial charge in [-0.25, -0.2) is 13.4 Å². The Morgan fingerprint density at radius 2 is 2.14 bits per heavy atom. The summed E-state index contributed by atoms with van der Waals surface area (Å²) in [6.45, 7) is 1.71. The molecular weight excluding hydrogens is 412 g/mol. The molecule has 0 bridgehead atoms. The topological polar surface area (TPSA) is 91.8 Å². The molecule has 0 aliphatic carbocycles. The number of ether oxygens (including phenoxy) is 1. The van der Waals surface area contributed by atoms with Gasteiger partial charge in [0.05, 0.1) is 28.1 Å². The molecule has 1 aromatic heterocycles. The van der Waals surface area contributed by atoms with Crippen LogP contribution in [0.1, 0.15) is 12.5 Å². The number of hydrogen-bond acceptors (Lipinski definition) is 5. The van der Waals surface area contributed by atoms with Gasteiger partial charge in [0.15, 0.2) is 9.84 Å². The van der Waals surface area contributed by atoms with E-state index >= 15 is 0 Å². The summed E-state index contributed by atoms with van der Waals surface area (Å²) in [7, 11) is -3.32. The Hall–Kier alpha value is -2.35. The minimum absolute atomic E-state index is 0.0436. The molecule has 0 amide bonds. The number of aliphatic imine (C=N–C) groups is 1. The molecule has 0 saturated heterocycles. The highest BCUT2D eigenvalue weighted by Crippen LogP contribution is 2.42. The standard InChI is InChI=1S/C21H21ClN2O4S/c1-2-29(26,27)15-5-3-4-13(10-15)16-6-7-18(28-9-8-25)20-19(16)17-11-14(22)12-23-21(17)24-20/h3-7,10,12,14,24-25H,2,8-9,11H2,1H3. The highest BCUT2D eigenvalue weighted by Gasteiger charge is 2.23. The molecule has 0 spiro atoms. The van der Waals surface area contributed by atoms with Crippen LogP contribution in [0.25, 0.3) is 22.0 Å². The molecule has 0 radical (unpaired) electrons. The van der Waals surface area contributed by atoms with Crippen LogP contribution in [0.2, 0.25) is 0 Å². The lowest BCUT2D eigenvalue weighted by atomic mass is 9.96. The van der Waals surface area contributed by atoms with Crippen molar-refractivity contribution in [3.05, 3.63) is 42.0 Å². The van der Waals surface area contributed by atoms with Gasteiger partial charge in [-0.15, -0.1) is 11.6 Å². The predicted octanol–water partition coefficient (Wildman–Crippen LogP) is 3.87. The molecule has 1 unspecified atom stereocenters. The van der Waals surface area contributed by atoms with Gasteiger partial charge < -0.3 is 14.8 Å². The summed E-state index contributed by atoms with van der Waals surface area (Å²) in [5.74, 6) is 1.36. The smallest absolute Gasteiger partial charge is 0.178 e. The number of aromatic nitrogens is 1. The van der Waals surface area contributed by atoms with Crippen molar-refractivity contribution in [2.45, 2.75) is 23.6 Å². The van der Waals surface area contributed by atoms with E-state index in [0.29, 0.717) is 17.1 Å². The Labute approximate surface area is 174 Å². The molecule has 0 saturated carbocycles. The molecule has 2 N–H and O–H groups in total. The quantitative estimate of drug-likeness (QED) is 0.578. The lowest BCUT2D eigenvalue weighted by Crippen LogP contribution is -2.08. The highest BCUT2D eigenvalue weighted by molar-refractivity contribution is 7.91. The van der Waals surface area contributed by atoms with Crippen molar-refractivity contribution in [3.8, 4) is 16.9 Å². The fourth-order valence-corrected chi connectivity index (χ4v) is 4.72. The zero-order valence-electron chi connectivity index (χ0n) is 15.9. The van der Waals surface area contributed by atoms with Crippen molar-refractivity contribution in [2.75, 3.05) is 19.0 Å². The number of benzene rings is 2. The first-order valence-electron chi connectivity index (χ1n) is 9.37. The van der Waals surface area contributed by atoms with E-state index in [1.807, 2.05) is 18.2 Å². The van der Waals surface area contributed by atoms with Crippen LogP contribution >= 0.6 is 11.6 Å². The molecule has 1 aliphatic heterocycles. The fraction of sp³-hybridized carbons (Fsp3) is 0.286. The van der Waals surface area contributed by atoms with Gasteiger partial charge in [0.25, 0.3) is 0 Å². The summed E-state index contributed by atoms with van der Waals surface area (Å²) in [6, 6.07) is 10.7. The monoisotopic (exact) mass is 432 g/mol. The van der Waals surface area contributed by atoms with Crippen LogP contribution in [0.4, 0.5) is 5.82 Å². The molecule has 29 heavy (non-hydrogen) atoms. The Morgan fingerprint density at radius 3 is 2.90 bits per heavy atom. The van der Waals surface area contributed by atoms with E-state index in [1.165, 1.54) is 0 Å². The van der Waals surface area contributed by atoms with Gasteiger partial charge >= 0.3 is 0 Å². The lowest BCUT2D eigenvalue weighted by Gasteiger charge is -2.13. The van der Waals surface area contributed by atoms with Crippen LogP contribution < -0.4 is 4.74 Å². The van der Waals surface area contributed by atoms with Crippen molar-refractivity contribution in [1.29, 1.82) is 0 Å². The number of alkyl halides is 1. The van der Waals surface area contributed by atoms with Crippen molar-refractivity contribution >= 4 is 44.4 Å². The van der Waals surface area contributed by atoms with Crippen LogP contribution in [-0.4, -0.2) is 49.1 Å². The van der Waals surface area contributed by atoms with Crippen molar-refractivity contribution in [3.63, 3.8) is 0 Å². The van der Waals surface area contributed by atoms with Gasteiger partial charge in [-0.3, -0.25) is 0 Å². The van der Waals surface area contributed by atoms with Gasteiger partial charge in [-0.05, 0) is 41.8 Å². The number of fused-ring (bicyclic) bond motifs is 3. The number of sulfone groups is 1. The SMILES string of the molecule is CCS(=O)(=O)c1cccc(-c2ccc(OCCO)c3[nH]c4c(c23)CC(Cl)C=N4)c1. The van der Waals surface area contributed by atoms with Gasteiger partial charge in [-0.2, -0.15) is 0 Å². The molecule has 0 fully saturated rings. The zero-order valence-corrected chi connectivity index (χ0v) is 17.4. The third-order valence-corrected chi connectivity index (χ3v) is 6.99. The number of aliphatic hydroxyl groups is 1. The normalized spacial score (nSPS) is 16.2. The maximum Gasteiger partial charge on any atom is 0.178 e. The molecule has 8 heteroatoms. The first-order valence-corrected chi connectivity index (χ1v) is 11.5. The summed E-state index contributed by atoms with van der Waals surface area (Å²) in [5, 5.41) is 9.81. The van der Waals surface area contributed by atoms with Crippen LogP contribution in [0.3, 0.4) is 0 Å². The summed E-state index contributed by atoms with van der Waals surface area (Å²) in [6.07, 6.45) is 2.30. The number of aliphatic hydroxyl groups excluding tert-OH is 1. The van der Waals surface area contributed by atoms with Gasteiger partial charge in [-0.1, -0.05) is 19.1 Å². The Kier molecular flexibility index (Phi) is 5.38. The molecular formula is C21H21ClN2O4S. The van der Waals surface area contributed by atoms with E-state index in [9.17, 15) is 8.42 Å². The second-order valence-electron chi connectivity index (χ2n) is 6.82. The Balaban J connectivity index is 1.95. The van der Waals surface area contributed by atoms with Crippen molar-refractivity contribution in [1.82, 2.24) is 4.98 Å². The maximum absolute atomic E-state index is 12.4. The van der Waals surface area contributed by atoms with E-state index in [2.05, 4.69) is 9.98 Å². The van der Waals surface area contributed by atoms with E-state index in [1.54, 1.807) is 31.3 Å². The number of hydrogen-bond donors (Lipinski definition) is 2. The van der Waals surface area contributed by atoms with Crippen LogP contribution in [-0.2, 0) is 16.3 Å². The van der Waals surface area contributed by atoms with Crippen molar-refractivity contribution in [2.24, 2.45) is 4.99 Å². The first-order chi connectivity index (χ1) is 13.9. The second kappa shape index (κ2) is 7.82. The van der Waals surface area contributed by atoms with E-state index in [0.717, 1.165) is 33.4 Å². The van der Waals surface area contributed by atoms with E-state index in [4.69, 9.17) is 21.4 Å². The maximum atomic E-state index is 12.4. The Bertz CT molecular complexity index is 1200. The van der Waals surface area contributed by atoms with Gasteiger partial charge in [0.2, 0.25) is 0 Å². The van der Waals surface area contributed by atoms with Crippen LogP contribution in [0.15, 0.2) is 46.3 Å². The summed E-state index contributed by atoms with van der Waals surface area (Å²) in [5.41, 5.74) is 3.40. The van der Waals surface area contributed by atoms with Gasteiger partial charge in [0.1, 0.15) is 18.2 Å². The third kappa shape index (κ3) is 3.66. The summed E-state index contributed by atoms with van der Waals surface area (Å²) < 4.78 is 30.4. The molecule has 152 valence electrons. The van der Waals surface area contributed by atoms with E-state index in [-0.39, 0.29) is 24.3 Å². The molecule has 3 aromatic rings. The second-order valence-corrected chi connectivity index (χ2v) is 9.65. The van der Waals surface area contributed by atoms with Crippen molar-refractivity contribution < 1.29 is 18.3 Å². The number of nitrogens with zero attached hydrogens (tertiary/aromatic N) is 1. The lowest BCUT2D eigenvalue weighted by molar-refractivity contribution is 0.202. The summed E-state index contributed by atoms with van der Waals surface area (Å²) >= 11 is 6.32. The summed E-state index contributed by atoms with van der Waals surface area (Å²) in [4.78, 5) is 8.02. The first kappa shape index (κ1) is 19.9. The molecule has 1 atom stereocenters. The molecule has 2 aromatic carbocycles. The third-order valence-electron chi connectivity index (χ3n) is 5.00. The Morgan fingerprint density at radius 1 is 1.31 bits per heavy atom. The highest BCUT2D eigenvalue weighted by atomic mass is 35.5. The molecule has 4 rings (SSSR count). The van der Waals surface area contributed by atoms with Gasteiger partial charge in [0, 0.05) is 17.2 Å². The van der Waals surface area contributed by atoms with Crippen LogP contribution in [0.5, 0.6) is 5.75 Å². The number of nitrogens with one attached hydrogen (secondary N) is 1. The minimum Gasteiger partial charge on any atom is -0.489 e. The van der Waals surface area contributed by atoms with Crippen LogP contribution in [0, 0.1) is 0 Å². The zero-order chi connectivity index (χ0) is 20.6. The number of H-pyrrole nitrogens is 1. The predicted molar refractivity (Wildman–Crippen MR) is 116 cm³/mol. The molecule has 1 aliphatic rings. The fourth-order valence-electron chi connectivity index (χ4n) is 3.59. The molecule has 2 heterocycles. The minimum atomic E-state index is -3.32. The largest absolute Gasteiger partial charge is 0.489 e.